The molecule has 152 valence electrons. The number of ether oxygens (including phenoxy) is 1. The number of amides is 1. The standard InChI is InChI=1S/C17H29N5O4S/c1-5-6-11-27(24,25)21(4)12-15(23)20-16-13(2)18-17(19-14(16)3)22-7-9-26-10-8-22/h5-12H2,1-4H3,(H,20,23). The Labute approximate surface area is 161 Å². The van der Waals surface area contributed by atoms with E-state index in [4.69, 9.17) is 4.74 Å². The first kappa shape index (κ1) is 21.5. The lowest BCUT2D eigenvalue weighted by Gasteiger charge is -2.27. The number of sulfonamides is 1. The van der Waals surface area contributed by atoms with Gasteiger partial charge in [-0.2, -0.15) is 4.31 Å². The molecule has 1 saturated heterocycles. The second kappa shape index (κ2) is 9.43. The molecule has 0 saturated carbocycles. The zero-order chi connectivity index (χ0) is 20.0. The van der Waals surface area contributed by atoms with Crippen molar-refractivity contribution in [3.8, 4) is 0 Å². The third kappa shape index (κ3) is 5.85. The van der Waals surface area contributed by atoms with Gasteiger partial charge in [-0.15, -0.1) is 0 Å². The summed E-state index contributed by atoms with van der Waals surface area (Å²) in [4.78, 5) is 23.4. The van der Waals surface area contributed by atoms with Gasteiger partial charge in [0.2, 0.25) is 21.9 Å². The minimum absolute atomic E-state index is 0.0443. The Hall–Kier alpha value is -1.78. The fourth-order valence-corrected chi connectivity index (χ4v) is 4.03. The van der Waals surface area contributed by atoms with Gasteiger partial charge in [0.1, 0.15) is 0 Å². The lowest BCUT2D eigenvalue weighted by Crippen LogP contribution is -2.38. The largest absolute Gasteiger partial charge is 0.378 e. The molecule has 1 fully saturated rings. The number of nitrogens with zero attached hydrogens (tertiary/aromatic N) is 4. The summed E-state index contributed by atoms with van der Waals surface area (Å²) in [5, 5.41) is 2.75. The second-order valence-corrected chi connectivity index (χ2v) is 8.84. The molecule has 0 aromatic carbocycles. The van der Waals surface area contributed by atoms with Gasteiger partial charge in [0.25, 0.3) is 0 Å². The van der Waals surface area contributed by atoms with Crippen LogP contribution in [0.15, 0.2) is 0 Å². The van der Waals surface area contributed by atoms with E-state index in [0.29, 0.717) is 42.7 Å². The molecule has 1 aliphatic rings. The van der Waals surface area contributed by atoms with Crippen molar-refractivity contribution in [2.45, 2.75) is 33.6 Å². The van der Waals surface area contributed by atoms with E-state index in [1.54, 1.807) is 13.8 Å². The summed E-state index contributed by atoms with van der Waals surface area (Å²) in [6.07, 6.45) is 1.35. The Balaban J connectivity index is 2.05. The minimum Gasteiger partial charge on any atom is -0.378 e. The van der Waals surface area contributed by atoms with Gasteiger partial charge in [0, 0.05) is 20.1 Å². The molecule has 0 spiro atoms. The number of hydrogen-bond donors (Lipinski definition) is 1. The second-order valence-electron chi connectivity index (χ2n) is 6.64. The van der Waals surface area contributed by atoms with E-state index in [-0.39, 0.29) is 12.3 Å². The lowest BCUT2D eigenvalue weighted by atomic mass is 10.2. The predicted molar refractivity (Wildman–Crippen MR) is 104 cm³/mol. The smallest absolute Gasteiger partial charge is 0.239 e. The fraction of sp³-hybridized carbons (Fsp3) is 0.706. The molecular weight excluding hydrogens is 370 g/mol. The van der Waals surface area contributed by atoms with Crippen molar-refractivity contribution in [2.75, 3.05) is 55.9 Å². The molecule has 1 aromatic rings. The number of anilines is 2. The van der Waals surface area contributed by atoms with Crippen LogP contribution in [0.2, 0.25) is 0 Å². The average Bonchev–Trinajstić information content (AvgIpc) is 2.63. The van der Waals surface area contributed by atoms with Crippen LogP contribution in [0.25, 0.3) is 0 Å². The third-order valence-electron chi connectivity index (χ3n) is 4.41. The van der Waals surface area contributed by atoms with Gasteiger partial charge < -0.3 is 15.0 Å². The Morgan fingerprint density at radius 3 is 2.37 bits per heavy atom. The number of rotatable bonds is 8. The Morgan fingerprint density at radius 2 is 1.81 bits per heavy atom. The summed E-state index contributed by atoms with van der Waals surface area (Å²) >= 11 is 0. The summed E-state index contributed by atoms with van der Waals surface area (Å²) in [5.74, 6) is 0.250. The van der Waals surface area contributed by atoms with Crippen molar-refractivity contribution < 1.29 is 17.9 Å². The molecule has 0 radical (unpaired) electrons. The van der Waals surface area contributed by atoms with E-state index < -0.39 is 15.9 Å². The van der Waals surface area contributed by atoms with E-state index in [9.17, 15) is 13.2 Å². The number of unbranched alkanes of at least 4 members (excludes halogenated alkanes) is 1. The monoisotopic (exact) mass is 399 g/mol. The van der Waals surface area contributed by atoms with Gasteiger partial charge in [0.15, 0.2) is 0 Å². The van der Waals surface area contributed by atoms with E-state index in [0.717, 1.165) is 23.8 Å². The van der Waals surface area contributed by atoms with Gasteiger partial charge in [-0.3, -0.25) is 4.79 Å². The average molecular weight is 400 g/mol. The maximum absolute atomic E-state index is 12.3. The molecule has 1 aromatic heterocycles. The van der Waals surface area contributed by atoms with Crippen LogP contribution >= 0.6 is 0 Å². The number of aromatic nitrogens is 2. The van der Waals surface area contributed by atoms with Crippen LogP contribution in [-0.2, 0) is 19.6 Å². The first-order valence-electron chi connectivity index (χ1n) is 9.16. The Bertz CT molecular complexity index is 740. The molecule has 2 heterocycles. The number of aryl methyl sites for hydroxylation is 2. The van der Waals surface area contributed by atoms with E-state index in [2.05, 4.69) is 15.3 Å². The highest BCUT2D eigenvalue weighted by molar-refractivity contribution is 7.89. The first-order valence-corrected chi connectivity index (χ1v) is 10.8. The third-order valence-corrected chi connectivity index (χ3v) is 6.30. The summed E-state index contributed by atoms with van der Waals surface area (Å²) in [6.45, 7) is 8.02. The summed E-state index contributed by atoms with van der Waals surface area (Å²) in [7, 11) is -2.01. The SMILES string of the molecule is CCCCS(=O)(=O)N(C)CC(=O)Nc1c(C)nc(N2CCOCC2)nc1C. The normalized spacial score (nSPS) is 15.2. The van der Waals surface area contributed by atoms with Gasteiger partial charge in [0.05, 0.1) is 42.6 Å². The van der Waals surface area contributed by atoms with Crippen LogP contribution in [0, 0.1) is 13.8 Å². The van der Waals surface area contributed by atoms with E-state index >= 15 is 0 Å². The Morgan fingerprint density at radius 1 is 1.22 bits per heavy atom. The zero-order valence-electron chi connectivity index (χ0n) is 16.5. The number of morpholine rings is 1. The van der Waals surface area contributed by atoms with Crippen LogP contribution < -0.4 is 10.2 Å². The van der Waals surface area contributed by atoms with Crippen LogP contribution in [0.1, 0.15) is 31.2 Å². The minimum atomic E-state index is -3.43. The summed E-state index contributed by atoms with van der Waals surface area (Å²) < 4.78 is 30.7. The zero-order valence-corrected chi connectivity index (χ0v) is 17.3. The van der Waals surface area contributed by atoms with Crippen molar-refractivity contribution in [3.05, 3.63) is 11.4 Å². The highest BCUT2D eigenvalue weighted by Gasteiger charge is 2.22. The number of carbonyl (C=O) groups excluding carboxylic acids is 1. The summed E-state index contributed by atoms with van der Waals surface area (Å²) in [6, 6.07) is 0. The highest BCUT2D eigenvalue weighted by Crippen LogP contribution is 2.21. The Kier molecular flexibility index (Phi) is 7.51. The molecule has 0 bridgehead atoms. The molecule has 10 heteroatoms. The van der Waals surface area contributed by atoms with Crippen molar-refractivity contribution >= 4 is 27.6 Å². The molecule has 1 N–H and O–H groups in total. The van der Waals surface area contributed by atoms with Gasteiger partial charge in [-0.05, 0) is 20.3 Å². The maximum Gasteiger partial charge on any atom is 0.239 e. The number of nitrogens with one attached hydrogen (secondary N) is 1. The molecule has 1 aliphatic heterocycles. The summed E-state index contributed by atoms with van der Waals surface area (Å²) in [5.41, 5.74) is 1.82. The topological polar surface area (TPSA) is 105 Å². The van der Waals surface area contributed by atoms with Crippen molar-refractivity contribution in [1.82, 2.24) is 14.3 Å². The van der Waals surface area contributed by atoms with Crippen LogP contribution in [0.3, 0.4) is 0 Å². The molecular formula is C17H29N5O4S. The van der Waals surface area contributed by atoms with Gasteiger partial charge >= 0.3 is 0 Å². The highest BCUT2D eigenvalue weighted by atomic mass is 32.2. The first-order chi connectivity index (χ1) is 12.7. The quantitative estimate of drug-likeness (QED) is 0.693. The van der Waals surface area contributed by atoms with Crippen molar-refractivity contribution in [1.29, 1.82) is 0 Å². The number of likely N-dealkylation sites (N-methyl/N-ethyl adjacent to an activating group) is 1. The van der Waals surface area contributed by atoms with E-state index in [1.807, 2.05) is 11.8 Å². The maximum atomic E-state index is 12.3. The molecule has 9 nitrogen and oxygen atoms in total. The lowest BCUT2D eigenvalue weighted by molar-refractivity contribution is -0.116. The van der Waals surface area contributed by atoms with E-state index in [1.165, 1.54) is 7.05 Å². The molecule has 1 amide bonds. The fourth-order valence-electron chi connectivity index (χ4n) is 2.75. The molecule has 0 atom stereocenters. The predicted octanol–water partition coefficient (Wildman–Crippen LogP) is 0.930. The van der Waals surface area contributed by atoms with Crippen LogP contribution in [0.5, 0.6) is 0 Å². The molecule has 0 unspecified atom stereocenters. The molecule has 27 heavy (non-hydrogen) atoms. The molecule has 2 rings (SSSR count). The van der Waals surface area contributed by atoms with Gasteiger partial charge in [-0.25, -0.2) is 18.4 Å². The van der Waals surface area contributed by atoms with Gasteiger partial charge in [-0.1, -0.05) is 13.3 Å². The van der Waals surface area contributed by atoms with Crippen LogP contribution in [0.4, 0.5) is 11.6 Å². The van der Waals surface area contributed by atoms with Crippen LogP contribution in [-0.4, -0.2) is 74.2 Å². The van der Waals surface area contributed by atoms with Crippen molar-refractivity contribution in [3.63, 3.8) is 0 Å². The number of hydrogen-bond acceptors (Lipinski definition) is 7. The number of carbonyl (C=O) groups is 1. The molecule has 0 aliphatic carbocycles. The van der Waals surface area contributed by atoms with Crippen molar-refractivity contribution in [2.24, 2.45) is 0 Å².